The van der Waals surface area contributed by atoms with E-state index >= 15 is 0 Å². The summed E-state index contributed by atoms with van der Waals surface area (Å²) in [5, 5.41) is 5.46. The Balaban J connectivity index is 1.53. The normalized spacial score (nSPS) is 20.5. The summed E-state index contributed by atoms with van der Waals surface area (Å²) in [7, 11) is 1.60. The molecule has 0 spiro atoms. The van der Waals surface area contributed by atoms with Crippen LogP contribution in [0, 0.1) is 11.7 Å². The summed E-state index contributed by atoms with van der Waals surface area (Å²) in [4.78, 5) is 28.8. The largest absolute Gasteiger partial charge is 0.337 e. The SMILES string of the molecule is CCN(C[C@@H]1CCCN(CCc2cccc(F)c2)C1)C(=O)C1=NN(C)C(=O)CC1. The summed E-state index contributed by atoms with van der Waals surface area (Å²) < 4.78 is 13.4. The molecule has 29 heavy (non-hydrogen) atoms. The van der Waals surface area contributed by atoms with E-state index < -0.39 is 0 Å². The molecule has 0 N–H and O–H groups in total. The van der Waals surface area contributed by atoms with Crippen LogP contribution in [0.3, 0.4) is 0 Å². The van der Waals surface area contributed by atoms with Gasteiger partial charge in [0.1, 0.15) is 11.5 Å². The van der Waals surface area contributed by atoms with Crippen molar-refractivity contribution in [2.45, 2.75) is 39.0 Å². The van der Waals surface area contributed by atoms with E-state index in [-0.39, 0.29) is 17.6 Å². The molecule has 0 aromatic heterocycles. The highest BCUT2D eigenvalue weighted by Crippen LogP contribution is 2.19. The predicted molar refractivity (Wildman–Crippen MR) is 111 cm³/mol. The van der Waals surface area contributed by atoms with Gasteiger partial charge in [-0.25, -0.2) is 9.40 Å². The van der Waals surface area contributed by atoms with Gasteiger partial charge >= 0.3 is 0 Å². The molecule has 3 rings (SSSR count). The zero-order valence-electron chi connectivity index (χ0n) is 17.4. The van der Waals surface area contributed by atoms with Crippen molar-refractivity contribution >= 4 is 17.5 Å². The molecule has 2 aliphatic heterocycles. The number of nitrogens with zero attached hydrogens (tertiary/aromatic N) is 4. The number of piperidine rings is 1. The van der Waals surface area contributed by atoms with Crippen molar-refractivity contribution in [3.05, 3.63) is 35.6 Å². The lowest BCUT2D eigenvalue weighted by molar-refractivity contribution is -0.130. The second-order valence-corrected chi connectivity index (χ2v) is 8.00. The fraction of sp³-hybridized carbons (Fsp3) is 0.591. The molecule has 1 aromatic rings. The lowest BCUT2D eigenvalue weighted by atomic mass is 9.96. The van der Waals surface area contributed by atoms with Crippen LogP contribution >= 0.6 is 0 Å². The first-order valence-corrected chi connectivity index (χ1v) is 10.6. The Morgan fingerprint density at radius 1 is 1.34 bits per heavy atom. The van der Waals surface area contributed by atoms with Crippen LogP contribution in [0.4, 0.5) is 4.39 Å². The van der Waals surface area contributed by atoms with Crippen LogP contribution in [0.5, 0.6) is 0 Å². The number of amides is 2. The van der Waals surface area contributed by atoms with Gasteiger partial charge in [-0.1, -0.05) is 12.1 Å². The summed E-state index contributed by atoms with van der Waals surface area (Å²) >= 11 is 0. The molecule has 7 heteroatoms. The Hall–Kier alpha value is -2.28. The van der Waals surface area contributed by atoms with Crippen LogP contribution in [0.2, 0.25) is 0 Å². The molecule has 1 aromatic carbocycles. The van der Waals surface area contributed by atoms with Gasteiger partial charge in [0.2, 0.25) is 5.91 Å². The van der Waals surface area contributed by atoms with Crippen molar-refractivity contribution in [2.24, 2.45) is 11.0 Å². The van der Waals surface area contributed by atoms with E-state index in [4.69, 9.17) is 0 Å². The van der Waals surface area contributed by atoms with Gasteiger partial charge in [0.15, 0.2) is 0 Å². The van der Waals surface area contributed by atoms with Gasteiger partial charge in [-0.3, -0.25) is 9.59 Å². The summed E-state index contributed by atoms with van der Waals surface area (Å²) in [6.07, 6.45) is 3.81. The highest BCUT2D eigenvalue weighted by Gasteiger charge is 2.28. The molecular weight excluding hydrogens is 371 g/mol. The molecule has 1 atom stereocenters. The Morgan fingerprint density at radius 3 is 2.90 bits per heavy atom. The molecule has 158 valence electrons. The smallest absolute Gasteiger partial charge is 0.270 e. The van der Waals surface area contributed by atoms with Crippen molar-refractivity contribution < 1.29 is 14.0 Å². The Kier molecular flexibility index (Phi) is 7.36. The third-order valence-electron chi connectivity index (χ3n) is 5.81. The van der Waals surface area contributed by atoms with E-state index in [0.29, 0.717) is 37.6 Å². The standard InChI is InChI=1S/C22H31FN4O2/c1-3-27(22(29)20-9-10-21(28)25(2)24-20)16-18-7-5-12-26(15-18)13-11-17-6-4-8-19(23)14-17/h4,6,8,14,18H,3,5,7,9-13,15-16H2,1-2H3/t18-/m1/s1. The molecule has 1 fully saturated rings. The van der Waals surface area contributed by atoms with Crippen LogP contribution in [0.1, 0.15) is 38.2 Å². The number of hydrazone groups is 1. The minimum absolute atomic E-state index is 0.0502. The van der Waals surface area contributed by atoms with Crippen LogP contribution in [0.15, 0.2) is 29.4 Å². The molecule has 2 amide bonds. The van der Waals surface area contributed by atoms with Crippen molar-refractivity contribution in [3.8, 4) is 0 Å². The molecule has 6 nitrogen and oxygen atoms in total. The molecule has 0 unspecified atom stereocenters. The first-order chi connectivity index (χ1) is 14.0. The van der Waals surface area contributed by atoms with E-state index in [1.807, 2.05) is 17.9 Å². The summed E-state index contributed by atoms with van der Waals surface area (Å²) in [5.41, 5.74) is 1.50. The Labute approximate surface area is 172 Å². The van der Waals surface area contributed by atoms with Gasteiger partial charge in [0.05, 0.1) is 0 Å². The maximum atomic E-state index is 13.4. The number of likely N-dealkylation sites (tertiary alicyclic amines) is 1. The first-order valence-electron chi connectivity index (χ1n) is 10.6. The molecule has 0 saturated carbocycles. The quantitative estimate of drug-likeness (QED) is 0.704. The molecular formula is C22H31FN4O2. The molecule has 0 radical (unpaired) electrons. The highest BCUT2D eigenvalue weighted by molar-refractivity contribution is 6.39. The van der Waals surface area contributed by atoms with Crippen LogP contribution in [-0.4, -0.2) is 72.1 Å². The molecule has 2 aliphatic rings. The number of benzene rings is 1. The fourth-order valence-corrected chi connectivity index (χ4v) is 4.16. The van der Waals surface area contributed by atoms with Gasteiger partial charge in [0, 0.05) is 46.1 Å². The van der Waals surface area contributed by atoms with Crippen LogP contribution < -0.4 is 0 Å². The number of halogens is 1. The van der Waals surface area contributed by atoms with Crippen molar-refractivity contribution in [1.29, 1.82) is 0 Å². The van der Waals surface area contributed by atoms with Crippen molar-refractivity contribution in [2.75, 3.05) is 39.8 Å². The third-order valence-corrected chi connectivity index (χ3v) is 5.81. The monoisotopic (exact) mass is 402 g/mol. The number of carbonyl (C=O) groups excluding carboxylic acids is 2. The number of hydrogen-bond donors (Lipinski definition) is 0. The first kappa shape index (κ1) is 21.4. The van der Waals surface area contributed by atoms with E-state index in [1.54, 1.807) is 19.2 Å². The van der Waals surface area contributed by atoms with Crippen LogP contribution in [0.25, 0.3) is 0 Å². The van der Waals surface area contributed by atoms with E-state index in [2.05, 4.69) is 10.0 Å². The fourth-order valence-electron chi connectivity index (χ4n) is 4.16. The topological polar surface area (TPSA) is 56.2 Å². The molecule has 0 bridgehead atoms. The van der Waals surface area contributed by atoms with Crippen molar-refractivity contribution in [1.82, 2.24) is 14.8 Å². The van der Waals surface area contributed by atoms with Crippen molar-refractivity contribution in [3.63, 3.8) is 0 Å². The molecule has 1 saturated heterocycles. The number of carbonyl (C=O) groups is 2. The summed E-state index contributed by atoms with van der Waals surface area (Å²) in [6, 6.07) is 6.80. The molecule has 0 aliphatic carbocycles. The zero-order chi connectivity index (χ0) is 20.8. The second-order valence-electron chi connectivity index (χ2n) is 8.00. The van der Waals surface area contributed by atoms with Gasteiger partial charge < -0.3 is 9.80 Å². The Bertz CT molecular complexity index is 767. The van der Waals surface area contributed by atoms with Crippen LogP contribution in [-0.2, 0) is 16.0 Å². The number of rotatable bonds is 7. The van der Waals surface area contributed by atoms with Gasteiger partial charge in [-0.2, -0.15) is 5.10 Å². The summed E-state index contributed by atoms with van der Waals surface area (Å²) in [5.74, 6) is 0.132. The lowest BCUT2D eigenvalue weighted by Crippen LogP contribution is -2.46. The van der Waals surface area contributed by atoms with Gasteiger partial charge in [-0.15, -0.1) is 0 Å². The minimum atomic E-state index is -0.186. The van der Waals surface area contributed by atoms with Gasteiger partial charge in [0.25, 0.3) is 5.91 Å². The maximum Gasteiger partial charge on any atom is 0.270 e. The minimum Gasteiger partial charge on any atom is -0.337 e. The van der Waals surface area contributed by atoms with E-state index in [9.17, 15) is 14.0 Å². The average Bonchev–Trinajstić information content (AvgIpc) is 2.72. The maximum absolute atomic E-state index is 13.4. The lowest BCUT2D eigenvalue weighted by Gasteiger charge is -2.36. The third kappa shape index (κ3) is 5.85. The highest BCUT2D eigenvalue weighted by atomic mass is 19.1. The molecule has 2 heterocycles. The second kappa shape index (κ2) is 9.96. The number of hydrogen-bond acceptors (Lipinski definition) is 4. The van der Waals surface area contributed by atoms with Gasteiger partial charge in [-0.05, 0) is 56.3 Å². The van der Waals surface area contributed by atoms with E-state index in [0.717, 1.165) is 44.5 Å². The average molecular weight is 403 g/mol. The summed E-state index contributed by atoms with van der Waals surface area (Å²) in [6.45, 7) is 6.23. The zero-order valence-corrected chi connectivity index (χ0v) is 17.4. The Morgan fingerprint density at radius 2 is 2.17 bits per heavy atom. The predicted octanol–water partition coefficient (Wildman–Crippen LogP) is 2.54. The van der Waals surface area contributed by atoms with E-state index in [1.165, 1.54) is 11.1 Å².